The smallest absolute Gasteiger partial charge is 0.230 e. The molecule has 3 saturated heterocycles. The van der Waals surface area contributed by atoms with E-state index < -0.39 is 10.0 Å². The van der Waals surface area contributed by atoms with Gasteiger partial charge in [0, 0.05) is 13.1 Å². The van der Waals surface area contributed by atoms with Crippen LogP contribution in [0.4, 0.5) is 0 Å². The number of sulfonamides is 1. The Labute approximate surface area is 199 Å². The van der Waals surface area contributed by atoms with E-state index in [1.807, 2.05) is 4.90 Å². The maximum atomic E-state index is 13.5. The van der Waals surface area contributed by atoms with Crippen LogP contribution in [0.25, 0.3) is 0 Å². The van der Waals surface area contributed by atoms with E-state index in [-0.39, 0.29) is 43.1 Å². The number of rotatable bonds is 5. The minimum Gasteiger partial charge on any atom is -0.363 e. The molecule has 4 aliphatic rings. The number of amides is 1. The highest BCUT2D eigenvalue weighted by Gasteiger charge is 2.52. The minimum atomic E-state index is -3.43. The molecule has 1 aromatic carbocycles. The van der Waals surface area contributed by atoms with E-state index in [9.17, 15) is 13.2 Å². The molecule has 1 amide bonds. The molecule has 1 aliphatic carbocycles. The van der Waals surface area contributed by atoms with E-state index in [0.29, 0.717) is 36.0 Å². The summed E-state index contributed by atoms with van der Waals surface area (Å²) < 4.78 is 33.7. The summed E-state index contributed by atoms with van der Waals surface area (Å²) in [5.74, 6) is -0.0482. The molecule has 0 spiro atoms. The van der Waals surface area contributed by atoms with E-state index in [1.165, 1.54) is 4.41 Å². The molecule has 4 fully saturated rings. The van der Waals surface area contributed by atoms with Gasteiger partial charge in [0.25, 0.3) is 0 Å². The predicted molar refractivity (Wildman–Crippen MR) is 122 cm³/mol. The second-order valence-electron chi connectivity index (χ2n) is 8.97. The molecule has 8 nitrogen and oxygen atoms in total. The van der Waals surface area contributed by atoms with Gasteiger partial charge in [0.05, 0.1) is 34.4 Å². The highest BCUT2D eigenvalue weighted by Crippen LogP contribution is 2.36. The summed E-state index contributed by atoms with van der Waals surface area (Å²) in [6.45, 7) is 3.12. The fraction of sp³-hybridized carbons (Fsp3) is 0.667. The Bertz CT molecular complexity index is 984. The van der Waals surface area contributed by atoms with Crippen molar-refractivity contribution in [1.29, 1.82) is 0 Å². The van der Waals surface area contributed by atoms with Gasteiger partial charge in [-0.25, -0.2) is 8.42 Å². The van der Waals surface area contributed by atoms with E-state index >= 15 is 0 Å². The van der Waals surface area contributed by atoms with Crippen molar-refractivity contribution in [2.75, 3.05) is 39.5 Å². The molecule has 1 saturated carbocycles. The van der Waals surface area contributed by atoms with Crippen molar-refractivity contribution in [3.63, 3.8) is 0 Å². The number of carbonyl (C=O) groups excluding carboxylic acids is 1. The molecule has 0 radical (unpaired) electrons. The monoisotopic (exact) mass is 502 g/mol. The molecule has 1 unspecified atom stereocenters. The number of benzene rings is 1. The van der Waals surface area contributed by atoms with Crippen molar-refractivity contribution in [2.24, 2.45) is 0 Å². The number of nitrogens with zero attached hydrogens (tertiary/aromatic N) is 4. The minimum absolute atomic E-state index is 0.0482. The Hall–Kier alpha value is -0.940. The lowest BCUT2D eigenvalue weighted by molar-refractivity contribution is -0.222. The van der Waals surface area contributed by atoms with E-state index in [0.717, 1.165) is 31.5 Å². The van der Waals surface area contributed by atoms with Crippen LogP contribution in [-0.4, -0.2) is 90.5 Å². The lowest BCUT2D eigenvalue weighted by Crippen LogP contribution is -2.74. The largest absolute Gasteiger partial charge is 0.363 e. The summed E-state index contributed by atoms with van der Waals surface area (Å²) in [7, 11) is -3.43. The van der Waals surface area contributed by atoms with Crippen LogP contribution in [0, 0.1) is 0 Å². The third kappa shape index (κ3) is 4.29. The predicted octanol–water partition coefficient (Wildman–Crippen LogP) is 2.17. The van der Waals surface area contributed by atoms with Gasteiger partial charge in [-0.2, -0.15) is 5.01 Å². The normalized spacial score (nSPS) is 28.1. The third-order valence-corrected chi connectivity index (χ3v) is 9.84. The summed E-state index contributed by atoms with van der Waals surface area (Å²) in [5.41, 5.74) is 0.786. The number of carbonyl (C=O) groups is 1. The van der Waals surface area contributed by atoms with Crippen molar-refractivity contribution in [2.45, 2.75) is 49.6 Å². The lowest BCUT2D eigenvalue weighted by atomic mass is 10.1. The first-order chi connectivity index (χ1) is 15.4. The molecule has 1 aromatic rings. The zero-order chi connectivity index (χ0) is 22.5. The Kier molecular flexibility index (Phi) is 6.43. The van der Waals surface area contributed by atoms with E-state index in [2.05, 4.69) is 4.90 Å². The molecule has 0 N–H and O–H groups in total. The van der Waals surface area contributed by atoms with E-state index in [1.54, 1.807) is 23.2 Å². The number of hydrogen-bond acceptors (Lipinski definition) is 6. The average Bonchev–Trinajstić information content (AvgIpc) is 3.51. The molecular weight excluding hydrogens is 475 g/mol. The van der Waals surface area contributed by atoms with Crippen LogP contribution >= 0.6 is 23.2 Å². The van der Waals surface area contributed by atoms with Gasteiger partial charge in [-0.1, -0.05) is 29.3 Å². The number of likely N-dealkylation sites (tertiary alicyclic amines) is 1. The van der Waals surface area contributed by atoms with Crippen LogP contribution in [0.15, 0.2) is 18.2 Å². The van der Waals surface area contributed by atoms with Gasteiger partial charge in [0.15, 0.2) is 0 Å². The Morgan fingerprint density at radius 3 is 2.50 bits per heavy atom. The zero-order valence-corrected chi connectivity index (χ0v) is 20.2. The zero-order valence-electron chi connectivity index (χ0n) is 17.8. The van der Waals surface area contributed by atoms with Gasteiger partial charge in [-0.3, -0.25) is 9.69 Å². The summed E-state index contributed by atoms with van der Waals surface area (Å²) in [6.07, 6.45) is 3.42. The van der Waals surface area contributed by atoms with Crippen molar-refractivity contribution in [3.8, 4) is 0 Å². The molecule has 3 heterocycles. The van der Waals surface area contributed by atoms with Gasteiger partial charge in [0.1, 0.15) is 12.9 Å². The van der Waals surface area contributed by atoms with Gasteiger partial charge in [-0.15, -0.1) is 4.41 Å². The number of halogens is 2. The van der Waals surface area contributed by atoms with Crippen LogP contribution < -0.4 is 0 Å². The molecule has 11 heteroatoms. The van der Waals surface area contributed by atoms with Crippen LogP contribution in [-0.2, 0) is 26.0 Å². The quantitative estimate of drug-likeness (QED) is 0.614. The number of ether oxygens (including phenoxy) is 1. The molecule has 2 atom stereocenters. The van der Waals surface area contributed by atoms with Crippen LogP contribution in [0.2, 0.25) is 10.0 Å². The summed E-state index contributed by atoms with van der Waals surface area (Å²) in [6, 6.07) is 5.15. The topological polar surface area (TPSA) is 73.4 Å². The van der Waals surface area contributed by atoms with E-state index in [4.69, 9.17) is 27.9 Å². The standard InChI is InChI=1S/C21H28Cl2N4O4S/c22-17-6-3-15(11-18(17)23)12-20(28)25-9-10-27(32(29,30)16-4-5-16)26-14-31-13-19(21(25)26)24-7-1-2-8-24/h3,6,11,16,19,21H,1-2,4-5,7-10,12-14H2/t19?,21-/m0/s1. The first-order valence-corrected chi connectivity index (χ1v) is 13.5. The van der Waals surface area contributed by atoms with Crippen LogP contribution in [0.5, 0.6) is 0 Å². The van der Waals surface area contributed by atoms with Crippen LogP contribution in [0.3, 0.4) is 0 Å². The first-order valence-electron chi connectivity index (χ1n) is 11.2. The first kappa shape index (κ1) is 22.8. The number of fused-ring (bicyclic) bond motifs is 1. The van der Waals surface area contributed by atoms with Crippen molar-refractivity contribution in [1.82, 2.24) is 19.2 Å². The Morgan fingerprint density at radius 1 is 1.06 bits per heavy atom. The molecule has 176 valence electrons. The molecular formula is C21H28Cl2N4O4S. The van der Waals surface area contributed by atoms with Gasteiger partial charge >= 0.3 is 0 Å². The fourth-order valence-electron chi connectivity index (χ4n) is 5.02. The van der Waals surface area contributed by atoms with Crippen LogP contribution in [0.1, 0.15) is 31.2 Å². The van der Waals surface area contributed by atoms with Gasteiger partial charge < -0.3 is 9.64 Å². The summed E-state index contributed by atoms with van der Waals surface area (Å²) in [4.78, 5) is 17.7. The summed E-state index contributed by atoms with van der Waals surface area (Å²) in [5, 5.41) is 2.33. The number of hydrazine groups is 1. The SMILES string of the molecule is O=C(Cc1ccc(Cl)c(Cl)c1)N1CCN(S(=O)(=O)C2CC2)N2COCC(N3CCCC3)[C@@H]12. The van der Waals surface area contributed by atoms with Crippen molar-refractivity contribution >= 4 is 39.1 Å². The van der Waals surface area contributed by atoms with Crippen molar-refractivity contribution < 1.29 is 17.9 Å². The lowest BCUT2D eigenvalue weighted by Gasteiger charge is -2.55. The highest BCUT2D eigenvalue weighted by atomic mass is 35.5. The average molecular weight is 503 g/mol. The van der Waals surface area contributed by atoms with Gasteiger partial charge in [-0.05, 0) is 56.5 Å². The van der Waals surface area contributed by atoms with Gasteiger partial charge in [0.2, 0.25) is 15.9 Å². The second-order valence-corrected chi connectivity index (χ2v) is 11.9. The number of hydrogen-bond donors (Lipinski definition) is 0. The molecule has 5 rings (SSSR count). The Balaban J connectivity index is 1.43. The molecule has 0 bridgehead atoms. The second kappa shape index (κ2) is 9.02. The molecule has 3 aliphatic heterocycles. The maximum absolute atomic E-state index is 13.5. The highest BCUT2D eigenvalue weighted by molar-refractivity contribution is 7.89. The maximum Gasteiger partial charge on any atom is 0.230 e. The fourth-order valence-corrected chi connectivity index (χ4v) is 7.19. The molecule has 32 heavy (non-hydrogen) atoms. The van der Waals surface area contributed by atoms with Crippen molar-refractivity contribution in [3.05, 3.63) is 33.8 Å². The summed E-state index contributed by atoms with van der Waals surface area (Å²) >= 11 is 12.2. The Morgan fingerprint density at radius 2 is 1.81 bits per heavy atom. The molecule has 0 aromatic heterocycles. The third-order valence-electron chi connectivity index (χ3n) is 6.81.